The van der Waals surface area contributed by atoms with Crippen LogP contribution in [-0.4, -0.2) is 26.7 Å². The second-order valence-electron chi connectivity index (χ2n) is 4.94. The van der Waals surface area contributed by atoms with Crippen LogP contribution in [0, 0.1) is 2.88 Å². The first-order chi connectivity index (χ1) is 8.43. The molecule has 2 heterocycles. The van der Waals surface area contributed by atoms with Crippen LogP contribution in [0.2, 0.25) is 0 Å². The van der Waals surface area contributed by atoms with Crippen molar-refractivity contribution < 1.29 is 5.11 Å². The molecule has 0 unspecified atom stereocenters. The van der Waals surface area contributed by atoms with E-state index in [1.807, 2.05) is 13.0 Å². The number of thiophene rings is 1. The average Bonchev–Trinajstić information content (AvgIpc) is 2.55. The second kappa shape index (κ2) is 4.17. The van der Waals surface area contributed by atoms with Gasteiger partial charge in [0.05, 0.1) is 18.7 Å². The van der Waals surface area contributed by atoms with Gasteiger partial charge in [-0.2, -0.15) is 4.98 Å². The van der Waals surface area contributed by atoms with Crippen molar-refractivity contribution in [3.05, 3.63) is 8.95 Å². The maximum Gasteiger partial charge on any atom is 0.222 e. The van der Waals surface area contributed by atoms with Crippen LogP contribution in [0.15, 0.2) is 6.07 Å². The van der Waals surface area contributed by atoms with E-state index in [9.17, 15) is 5.11 Å². The topological polar surface area (TPSA) is 84.1 Å². The molecule has 7 heteroatoms. The molecule has 3 rings (SSSR count). The van der Waals surface area contributed by atoms with Crippen molar-refractivity contribution in [3.63, 3.8) is 0 Å². The van der Waals surface area contributed by atoms with Crippen molar-refractivity contribution in [1.82, 2.24) is 9.97 Å². The van der Waals surface area contributed by atoms with Gasteiger partial charge in [-0.1, -0.05) is 0 Å². The Hall–Kier alpha value is -0.670. The van der Waals surface area contributed by atoms with E-state index in [1.165, 1.54) is 0 Å². The molecule has 0 amide bonds. The number of anilines is 2. The standard InChI is InChI=1S/C11H13IN4OS/c1-11(17)3-5(4-11)14-9-8-6(2-7(12)18-8)15-10(13)16-9/h2,5,17H,3-4H2,1H3,(H3,13,14,15,16)/t5-,11+. The zero-order chi connectivity index (χ0) is 12.9. The van der Waals surface area contributed by atoms with Crippen LogP contribution in [-0.2, 0) is 0 Å². The molecule has 0 spiro atoms. The summed E-state index contributed by atoms with van der Waals surface area (Å²) in [7, 11) is 0. The summed E-state index contributed by atoms with van der Waals surface area (Å²) in [4.78, 5) is 8.49. The Morgan fingerprint density at radius 2 is 2.28 bits per heavy atom. The van der Waals surface area contributed by atoms with Crippen LogP contribution in [0.4, 0.5) is 11.8 Å². The number of nitrogen functional groups attached to an aromatic ring is 1. The number of aliphatic hydroxyl groups is 1. The van der Waals surface area contributed by atoms with E-state index in [0.29, 0.717) is 0 Å². The monoisotopic (exact) mass is 376 g/mol. The number of hydrogen-bond donors (Lipinski definition) is 3. The predicted molar refractivity (Wildman–Crippen MR) is 81.8 cm³/mol. The molecule has 0 radical (unpaired) electrons. The number of halogens is 1. The molecule has 4 N–H and O–H groups in total. The lowest BCUT2D eigenvalue weighted by atomic mass is 9.77. The highest BCUT2D eigenvalue weighted by Crippen LogP contribution is 2.36. The van der Waals surface area contributed by atoms with Crippen molar-refractivity contribution in [2.75, 3.05) is 11.1 Å². The van der Waals surface area contributed by atoms with Gasteiger partial charge in [0.25, 0.3) is 0 Å². The number of nitrogens with zero attached hydrogens (tertiary/aromatic N) is 2. The minimum absolute atomic E-state index is 0.261. The van der Waals surface area contributed by atoms with Crippen LogP contribution < -0.4 is 11.1 Å². The van der Waals surface area contributed by atoms with Crippen molar-refractivity contribution in [3.8, 4) is 0 Å². The summed E-state index contributed by atoms with van der Waals surface area (Å²) < 4.78 is 2.19. The van der Waals surface area contributed by atoms with E-state index in [2.05, 4.69) is 37.9 Å². The van der Waals surface area contributed by atoms with Gasteiger partial charge in [-0.05, 0) is 48.4 Å². The van der Waals surface area contributed by atoms with E-state index in [0.717, 1.165) is 31.8 Å². The minimum Gasteiger partial charge on any atom is -0.390 e. The summed E-state index contributed by atoms with van der Waals surface area (Å²) in [5.74, 6) is 1.07. The van der Waals surface area contributed by atoms with Gasteiger partial charge in [-0.3, -0.25) is 0 Å². The number of nitrogens with one attached hydrogen (secondary N) is 1. The van der Waals surface area contributed by atoms with E-state index in [-0.39, 0.29) is 12.0 Å². The van der Waals surface area contributed by atoms with Crippen molar-refractivity contribution in [1.29, 1.82) is 0 Å². The third-order valence-electron chi connectivity index (χ3n) is 3.07. The number of hydrogen-bond acceptors (Lipinski definition) is 6. The Balaban J connectivity index is 1.91. The number of nitrogens with two attached hydrogens (primary N) is 1. The third-order valence-corrected chi connectivity index (χ3v) is 4.96. The smallest absolute Gasteiger partial charge is 0.222 e. The summed E-state index contributed by atoms with van der Waals surface area (Å²) in [6.45, 7) is 1.85. The normalized spacial score (nSPS) is 27.2. The zero-order valence-corrected chi connectivity index (χ0v) is 12.7. The van der Waals surface area contributed by atoms with Gasteiger partial charge in [0.15, 0.2) is 0 Å². The molecule has 1 fully saturated rings. The average molecular weight is 376 g/mol. The molecule has 0 saturated heterocycles. The van der Waals surface area contributed by atoms with Crippen LogP contribution >= 0.6 is 33.9 Å². The van der Waals surface area contributed by atoms with Gasteiger partial charge in [0, 0.05) is 6.04 Å². The molecule has 1 aliphatic rings. The fraction of sp³-hybridized carbons (Fsp3) is 0.455. The van der Waals surface area contributed by atoms with E-state index in [4.69, 9.17) is 5.73 Å². The van der Waals surface area contributed by atoms with Crippen molar-refractivity contribution in [2.45, 2.75) is 31.4 Å². The molecule has 2 aromatic heterocycles. The molecule has 0 aliphatic heterocycles. The van der Waals surface area contributed by atoms with Crippen molar-refractivity contribution >= 4 is 55.9 Å². The molecule has 0 bridgehead atoms. The third kappa shape index (κ3) is 2.26. The Morgan fingerprint density at radius 1 is 1.56 bits per heavy atom. The summed E-state index contributed by atoms with van der Waals surface area (Å²) in [5, 5.41) is 13.1. The van der Waals surface area contributed by atoms with Crippen LogP contribution in [0.5, 0.6) is 0 Å². The van der Waals surface area contributed by atoms with E-state index < -0.39 is 5.60 Å². The zero-order valence-electron chi connectivity index (χ0n) is 9.77. The number of rotatable bonds is 2. The molecule has 1 saturated carbocycles. The maximum atomic E-state index is 9.74. The largest absolute Gasteiger partial charge is 0.390 e. The molecular formula is C11H13IN4OS. The molecule has 0 atom stereocenters. The second-order valence-corrected chi connectivity index (χ2v) is 7.89. The lowest BCUT2D eigenvalue weighted by molar-refractivity contribution is -0.0234. The molecule has 1 aliphatic carbocycles. The highest BCUT2D eigenvalue weighted by Gasteiger charge is 2.38. The minimum atomic E-state index is -0.542. The molecule has 2 aromatic rings. The van der Waals surface area contributed by atoms with Gasteiger partial charge in [-0.25, -0.2) is 4.98 Å². The van der Waals surface area contributed by atoms with Gasteiger partial charge in [-0.15, -0.1) is 11.3 Å². The van der Waals surface area contributed by atoms with Crippen LogP contribution in [0.1, 0.15) is 19.8 Å². The van der Waals surface area contributed by atoms with Crippen molar-refractivity contribution in [2.24, 2.45) is 0 Å². The van der Waals surface area contributed by atoms with Gasteiger partial charge in [0.1, 0.15) is 5.82 Å². The Morgan fingerprint density at radius 3 is 2.94 bits per heavy atom. The van der Waals surface area contributed by atoms with Crippen LogP contribution in [0.25, 0.3) is 10.2 Å². The molecule has 18 heavy (non-hydrogen) atoms. The highest BCUT2D eigenvalue weighted by atomic mass is 127. The number of fused-ring (bicyclic) bond motifs is 1. The lowest BCUT2D eigenvalue weighted by Gasteiger charge is -2.41. The summed E-state index contributed by atoms with van der Waals surface area (Å²) in [6, 6.07) is 2.26. The lowest BCUT2D eigenvalue weighted by Crippen LogP contribution is -2.48. The van der Waals surface area contributed by atoms with E-state index in [1.54, 1.807) is 11.3 Å². The molecular weight excluding hydrogens is 363 g/mol. The maximum absolute atomic E-state index is 9.74. The molecule has 5 nitrogen and oxygen atoms in total. The first-order valence-corrected chi connectivity index (χ1v) is 7.54. The Labute approximate surface area is 122 Å². The fourth-order valence-corrected chi connectivity index (χ4v) is 4.05. The fourth-order valence-electron chi connectivity index (χ4n) is 2.31. The first-order valence-electron chi connectivity index (χ1n) is 5.64. The summed E-state index contributed by atoms with van der Waals surface area (Å²) in [5.41, 5.74) is 6.05. The highest BCUT2D eigenvalue weighted by molar-refractivity contribution is 14.1. The SMILES string of the molecule is C[C@]1(O)C[C@@H](Nc2nc(N)nc3cc(I)sc23)C1. The summed E-state index contributed by atoms with van der Waals surface area (Å²) >= 11 is 3.91. The van der Waals surface area contributed by atoms with Gasteiger partial charge < -0.3 is 16.2 Å². The van der Waals surface area contributed by atoms with E-state index >= 15 is 0 Å². The molecule has 96 valence electrons. The van der Waals surface area contributed by atoms with Gasteiger partial charge in [0.2, 0.25) is 5.95 Å². The molecule has 0 aromatic carbocycles. The van der Waals surface area contributed by atoms with Crippen LogP contribution in [0.3, 0.4) is 0 Å². The first kappa shape index (κ1) is 12.4. The summed E-state index contributed by atoms with van der Waals surface area (Å²) in [6.07, 6.45) is 1.47. The Kier molecular flexibility index (Phi) is 2.87. The number of aromatic nitrogens is 2. The van der Waals surface area contributed by atoms with Gasteiger partial charge >= 0.3 is 0 Å². The quantitative estimate of drug-likeness (QED) is 0.700. The predicted octanol–water partition coefficient (Wildman–Crippen LogP) is 2.20. The Bertz CT molecular complexity index is 604.